The summed E-state index contributed by atoms with van der Waals surface area (Å²) in [7, 11) is 0. The molecule has 0 aliphatic rings. The van der Waals surface area contributed by atoms with E-state index in [0.717, 1.165) is 5.56 Å². The molecule has 80 valence electrons. The fourth-order valence-electron chi connectivity index (χ4n) is 1.48. The predicted molar refractivity (Wildman–Crippen MR) is 61.0 cm³/mol. The van der Waals surface area contributed by atoms with Gasteiger partial charge in [-0.15, -0.1) is 0 Å². The third kappa shape index (κ3) is 1.86. The first kappa shape index (κ1) is 10.2. The molecule has 4 heteroatoms. The van der Waals surface area contributed by atoms with Crippen LogP contribution in [0, 0.1) is 0 Å². The molecule has 16 heavy (non-hydrogen) atoms. The molecule has 0 aliphatic heterocycles. The van der Waals surface area contributed by atoms with Gasteiger partial charge in [0.25, 0.3) is 0 Å². The zero-order valence-electron chi connectivity index (χ0n) is 8.42. The highest BCUT2D eigenvalue weighted by Crippen LogP contribution is 2.23. The van der Waals surface area contributed by atoms with Gasteiger partial charge in [0.05, 0.1) is 5.56 Å². The van der Waals surface area contributed by atoms with E-state index in [0.29, 0.717) is 11.3 Å². The number of hydrogen-bond donors (Lipinski definition) is 2. The zero-order valence-corrected chi connectivity index (χ0v) is 8.42. The molecule has 0 atom stereocenters. The lowest BCUT2D eigenvalue weighted by Crippen LogP contribution is -2.00. The Kier molecular flexibility index (Phi) is 2.55. The molecule has 0 spiro atoms. The summed E-state index contributed by atoms with van der Waals surface area (Å²) in [6, 6.07) is 8.73. The maximum absolute atomic E-state index is 11.0. The van der Waals surface area contributed by atoms with Crippen molar-refractivity contribution in [3.05, 3.63) is 48.3 Å². The van der Waals surface area contributed by atoms with Gasteiger partial charge in [0.15, 0.2) is 0 Å². The maximum atomic E-state index is 11.0. The molecular weight excluding hydrogens is 204 g/mol. The topological polar surface area (TPSA) is 76.2 Å². The van der Waals surface area contributed by atoms with Gasteiger partial charge < -0.3 is 10.8 Å². The van der Waals surface area contributed by atoms with Crippen LogP contribution >= 0.6 is 0 Å². The van der Waals surface area contributed by atoms with Crippen LogP contribution in [0.25, 0.3) is 11.1 Å². The van der Waals surface area contributed by atoms with Crippen molar-refractivity contribution in [2.24, 2.45) is 0 Å². The van der Waals surface area contributed by atoms with Gasteiger partial charge >= 0.3 is 5.97 Å². The number of carbonyl (C=O) groups is 1. The Hall–Kier alpha value is -2.36. The fraction of sp³-hybridized carbons (Fsp3) is 0. The standard InChI is InChI=1S/C12H10N2O2/c13-9-3-1-8(2-4-9)10-5-6-14-7-11(10)12(15)16/h1-7H,13H2,(H,15,16). The molecule has 2 aromatic rings. The molecule has 0 amide bonds. The number of rotatable bonds is 2. The smallest absolute Gasteiger partial charge is 0.337 e. The Morgan fingerprint density at radius 1 is 1.19 bits per heavy atom. The Bertz CT molecular complexity index is 521. The van der Waals surface area contributed by atoms with Crippen molar-refractivity contribution in [1.29, 1.82) is 0 Å². The van der Waals surface area contributed by atoms with Crippen molar-refractivity contribution in [2.45, 2.75) is 0 Å². The monoisotopic (exact) mass is 214 g/mol. The first-order valence-corrected chi connectivity index (χ1v) is 4.71. The van der Waals surface area contributed by atoms with E-state index in [2.05, 4.69) is 4.98 Å². The number of carboxylic acids is 1. The first-order valence-electron chi connectivity index (χ1n) is 4.71. The lowest BCUT2D eigenvalue weighted by molar-refractivity contribution is 0.0697. The fourth-order valence-corrected chi connectivity index (χ4v) is 1.48. The summed E-state index contributed by atoms with van der Waals surface area (Å²) in [4.78, 5) is 14.8. The van der Waals surface area contributed by atoms with Gasteiger partial charge in [-0.25, -0.2) is 4.79 Å². The van der Waals surface area contributed by atoms with E-state index in [1.165, 1.54) is 6.20 Å². The Labute approximate surface area is 92.4 Å². The van der Waals surface area contributed by atoms with Crippen LogP contribution in [0.1, 0.15) is 10.4 Å². The van der Waals surface area contributed by atoms with Crippen LogP contribution in [0.2, 0.25) is 0 Å². The molecule has 1 aromatic carbocycles. The minimum atomic E-state index is -0.986. The number of anilines is 1. The molecule has 0 saturated carbocycles. The Balaban J connectivity index is 2.55. The number of aromatic nitrogens is 1. The number of nitrogen functional groups attached to an aromatic ring is 1. The van der Waals surface area contributed by atoms with Crippen LogP contribution in [-0.4, -0.2) is 16.1 Å². The molecule has 1 heterocycles. The van der Waals surface area contributed by atoms with E-state index >= 15 is 0 Å². The number of nitrogens with two attached hydrogens (primary N) is 1. The number of hydrogen-bond acceptors (Lipinski definition) is 3. The lowest BCUT2D eigenvalue weighted by atomic mass is 10.0. The van der Waals surface area contributed by atoms with E-state index in [4.69, 9.17) is 10.8 Å². The average Bonchev–Trinajstić information content (AvgIpc) is 2.30. The summed E-state index contributed by atoms with van der Waals surface area (Å²) < 4.78 is 0. The van der Waals surface area contributed by atoms with Crippen LogP contribution in [0.3, 0.4) is 0 Å². The second kappa shape index (κ2) is 4.02. The van der Waals surface area contributed by atoms with E-state index < -0.39 is 5.97 Å². The van der Waals surface area contributed by atoms with Crippen molar-refractivity contribution in [2.75, 3.05) is 5.73 Å². The number of aromatic carboxylic acids is 1. The quantitative estimate of drug-likeness (QED) is 0.750. The summed E-state index contributed by atoms with van der Waals surface area (Å²) in [6.07, 6.45) is 2.91. The first-order chi connectivity index (χ1) is 7.68. The van der Waals surface area contributed by atoms with Gasteiger partial charge in [0, 0.05) is 18.1 Å². The third-order valence-electron chi connectivity index (χ3n) is 2.27. The largest absolute Gasteiger partial charge is 0.478 e. The average molecular weight is 214 g/mol. The molecule has 0 bridgehead atoms. The predicted octanol–water partition coefficient (Wildman–Crippen LogP) is 2.03. The van der Waals surface area contributed by atoms with Crippen molar-refractivity contribution in [1.82, 2.24) is 4.98 Å². The van der Waals surface area contributed by atoms with Crippen LogP contribution < -0.4 is 5.73 Å². The summed E-state index contributed by atoms with van der Waals surface area (Å²) in [6.45, 7) is 0. The number of nitrogens with zero attached hydrogens (tertiary/aromatic N) is 1. The molecule has 1 aromatic heterocycles. The zero-order chi connectivity index (χ0) is 11.5. The lowest BCUT2D eigenvalue weighted by Gasteiger charge is -2.05. The maximum Gasteiger partial charge on any atom is 0.337 e. The molecule has 3 N–H and O–H groups in total. The molecule has 0 aliphatic carbocycles. The van der Waals surface area contributed by atoms with Gasteiger partial charge in [-0.2, -0.15) is 0 Å². The number of benzene rings is 1. The SMILES string of the molecule is Nc1ccc(-c2ccncc2C(=O)O)cc1. The number of carboxylic acid groups (broad SMARTS) is 1. The van der Waals surface area contributed by atoms with Crippen LogP contribution in [0.5, 0.6) is 0 Å². The normalized spacial score (nSPS) is 10.0. The van der Waals surface area contributed by atoms with Crippen molar-refractivity contribution in [3.63, 3.8) is 0 Å². The highest BCUT2D eigenvalue weighted by atomic mass is 16.4. The van der Waals surface area contributed by atoms with Crippen molar-refractivity contribution < 1.29 is 9.90 Å². The molecule has 0 unspecified atom stereocenters. The van der Waals surface area contributed by atoms with Crippen LogP contribution in [0.15, 0.2) is 42.7 Å². The van der Waals surface area contributed by atoms with Gasteiger partial charge in [-0.1, -0.05) is 12.1 Å². The molecule has 0 saturated heterocycles. The van der Waals surface area contributed by atoms with Crippen molar-refractivity contribution in [3.8, 4) is 11.1 Å². The van der Waals surface area contributed by atoms with Gasteiger partial charge in [0.1, 0.15) is 0 Å². The third-order valence-corrected chi connectivity index (χ3v) is 2.27. The van der Waals surface area contributed by atoms with E-state index in [9.17, 15) is 4.79 Å². The van der Waals surface area contributed by atoms with Crippen LogP contribution in [0.4, 0.5) is 5.69 Å². The van der Waals surface area contributed by atoms with Gasteiger partial charge in [0.2, 0.25) is 0 Å². The Morgan fingerprint density at radius 2 is 1.88 bits per heavy atom. The summed E-state index contributed by atoms with van der Waals surface area (Å²) in [5.41, 5.74) is 7.86. The van der Waals surface area contributed by atoms with E-state index in [1.54, 1.807) is 36.5 Å². The number of pyridine rings is 1. The highest BCUT2D eigenvalue weighted by molar-refractivity contribution is 5.95. The summed E-state index contributed by atoms with van der Waals surface area (Å²) in [5.74, 6) is -0.986. The second-order valence-corrected chi connectivity index (χ2v) is 3.35. The van der Waals surface area contributed by atoms with Gasteiger partial charge in [-0.05, 0) is 29.3 Å². The van der Waals surface area contributed by atoms with E-state index in [-0.39, 0.29) is 5.56 Å². The van der Waals surface area contributed by atoms with E-state index in [1.807, 2.05) is 0 Å². The van der Waals surface area contributed by atoms with Gasteiger partial charge in [-0.3, -0.25) is 4.98 Å². The molecule has 4 nitrogen and oxygen atoms in total. The minimum Gasteiger partial charge on any atom is -0.478 e. The highest BCUT2D eigenvalue weighted by Gasteiger charge is 2.10. The second-order valence-electron chi connectivity index (χ2n) is 3.35. The van der Waals surface area contributed by atoms with Crippen molar-refractivity contribution >= 4 is 11.7 Å². The molecule has 2 rings (SSSR count). The van der Waals surface area contributed by atoms with Crippen LogP contribution in [-0.2, 0) is 0 Å². The molecule has 0 fully saturated rings. The molecule has 0 radical (unpaired) electrons. The Morgan fingerprint density at radius 3 is 2.50 bits per heavy atom. The molecular formula is C12H10N2O2. The summed E-state index contributed by atoms with van der Waals surface area (Å²) >= 11 is 0. The summed E-state index contributed by atoms with van der Waals surface area (Å²) in [5, 5.41) is 9.02. The minimum absolute atomic E-state index is 0.187.